The van der Waals surface area contributed by atoms with Crippen LogP contribution in [0.3, 0.4) is 0 Å². The van der Waals surface area contributed by atoms with Crippen molar-refractivity contribution < 1.29 is 19.1 Å². The van der Waals surface area contributed by atoms with E-state index in [1.165, 1.54) is 6.42 Å². The molecule has 1 heterocycles. The second-order valence-corrected chi connectivity index (χ2v) is 9.00. The number of likely N-dealkylation sites (tertiary alicyclic amines) is 1. The van der Waals surface area contributed by atoms with Crippen LogP contribution in [0, 0.1) is 5.92 Å². The van der Waals surface area contributed by atoms with Crippen molar-refractivity contribution >= 4 is 11.8 Å². The van der Waals surface area contributed by atoms with Gasteiger partial charge in [0.1, 0.15) is 12.6 Å². The van der Waals surface area contributed by atoms with Crippen molar-refractivity contribution in [2.24, 2.45) is 5.92 Å². The van der Waals surface area contributed by atoms with Gasteiger partial charge in [0.25, 0.3) is 0 Å². The summed E-state index contributed by atoms with van der Waals surface area (Å²) in [5.74, 6) is 1.50. The van der Waals surface area contributed by atoms with Crippen molar-refractivity contribution in [3.05, 3.63) is 59.7 Å². The molecule has 1 N–H and O–H groups in total. The fourth-order valence-corrected chi connectivity index (χ4v) is 4.87. The summed E-state index contributed by atoms with van der Waals surface area (Å²) in [5.41, 5.74) is 2.01. The number of nitrogens with one attached hydrogen (secondary N) is 1. The molecule has 0 radical (unpaired) electrons. The van der Waals surface area contributed by atoms with Crippen LogP contribution >= 0.6 is 0 Å². The fraction of sp³-hybridized carbons (Fsp3) is 0.481. The van der Waals surface area contributed by atoms with Gasteiger partial charge in [-0.05, 0) is 48.9 Å². The Morgan fingerprint density at radius 1 is 0.939 bits per heavy atom. The number of hydrogen-bond acceptors (Lipinski definition) is 4. The van der Waals surface area contributed by atoms with Crippen molar-refractivity contribution in [2.45, 2.75) is 64.1 Å². The number of carbonyl (C=O) groups is 2. The van der Waals surface area contributed by atoms with Crippen LogP contribution in [0.1, 0.15) is 56.1 Å². The number of carbonyl (C=O) groups excluding carboxylic acids is 2. The Bertz CT molecular complexity index is 940. The van der Waals surface area contributed by atoms with Crippen LogP contribution in [0.25, 0.3) is 0 Å². The van der Waals surface area contributed by atoms with Gasteiger partial charge in [0.05, 0.1) is 7.11 Å². The summed E-state index contributed by atoms with van der Waals surface area (Å²) in [4.78, 5) is 27.8. The highest BCUT2D eigenvalue weighted by atomic mass is 16.5. The van der Waals surface area contributed by atoms with E-state index in [9.17, 15) is 9.59 Å². The van der Waals surface area contributed by atoms with E-state index in [4.69, 9.17) is 9.47 Å². The van der Waals surface area contributed by atoms with E-state index in [0.29, 0.717) is 31.2 Å². The number of benzene rings is 2. The molecular weight excluding hydrogens is 416 g/mol. The molecule has 33 heavy (non-hydrogen) atoms. The van der Waals surface area contributed by atoms with Gasteiger partial charge in [-0.2, -0.15) is 0 Å². The minimum atomic E-state index is -0.352. The number of hydrogen-bond donors (Lipinski definition) is 1. The summed E-state index contributed by atoms with van der Waals surface area (Å²) in [6, 6.07) is 15.3. The van der Waals surface area contributed by atoms with Crippen LogP contribution in [0.2, 0.25) is 0 Å². The predicted molar refractivity (Wildman–Crippen MR) is 127 cm³/mol. The summed E-state index contributed by atoms with van der Waals surface area (Å²) in [6.45, 7) is 1.53. The molecule has 6 heteroatoms. The van der Waals surface area contributed by atoms with Crippen molar-refractivity contribution in [1.82, 2.24) is 10.2 Å². The third-order valence-electron chi connectivity index (χ3n) is 6.72. The molecule has 1 saturated carbocycles. The zero-order valence-corrected chi connectivity index (χ0v) is 19.4. The molecule has 176 valence electrons. The van der Waals surface area contributed by atoms with E-state index in [1.54, 1.807) is 7.11 Å². The van der Waals surface area contributed by atoms with E-state index >= 15 is 0 Å². The molecule has 1 aliphatic heterocycles. The topological polar surface area (TPSA) is 67.9 Å². The van der Waals surface area contributed by atoms with Gasteiger partial charge in [0, 0.05) is 19.0 Å². The minimum Gasteiger partial charge on any atom is -0.493 e. The van der Waals surface area contributed by atoms with Gasteiger partial charge in [-0.25, -0.2) is 0 Å². The first kappa shape index (κ1) is 23.1. The van der Waals surface area contributed by atoms with Crippen LogP contribution in [0.4, 0.5) is 0 Å². The van der Waals surface area contributed by atoms with Gasteiger partial charge in [-0.3, -0.25) is 9.59 Å². The Labute approximate surface area is 196 Å². The van der Waals surface area contributed by atoms with Crippen molar-refractivity contribution in [1.29, 1.82) is 0 Å². The Morgan fingerprint density at radius 3 is 2.48 bits per heavy atom. The number of ether oxygens (including phenoxy) is 2. The maximum Gasteiger partial charge on any atom is 0.243 e. The van der Waals surface area contributed by atoms with Gasteiger partial charge in [-0.15, -0.1) is 0 Å². The average Bonchev–Trinajstić information content (AvgIpc) is 3.37. The van der Waals surface area contributed by atoms with Crippen LogP contribution in [-0.2, 0) is 22.7 Å². The minimum absolute atomic E-state index is 0.0694. The molecule has 1 unspecified atom stereocenters. The summed E-state index contributed by atoms with van der Waals surface area (Å²) in [6.07, 6.45) is 7.00. The van der Waals surface area contributed by atoms with Gasteiger partial charge in [0.15, 0.2) is 11.5 Å². The zero-order valence-electron chi connectivity index (χ0n) is 19.4. The molecule has 4 rings (SSSR count). The first-order chi connectivity index (χ1) is 16.2. The largest absolute Gasteiger partial charge is 0.493 e. The molecule has 1 aliphatic carbocycles. The molecule has 0 aromatic heterocycles. The molecule has 0 spiro atoms. The molecule has 2 amide bonds. The van der Waals surface area contributed by atoms with E-state index in [-0.39, 0.29) is 23.8 Å². The summed E-state index contributed by atoms with van der Waals surface area (Å²) < 4.78 is 11.4. The van der Waals surface area contributed by atoms with E-state index in [2.05, 4.69) is 5.32 Å². The quantitative estimate of drug-likeness (QED) is 0.645. The Morgan fingerprint density at radius 2 is 1.73 bits per heavy atom. The average molecular weight is 451 g/mol. The van der Waals surface area contributed by atoms with E-state index < -0.39 is 0 Å². The normalized spacial score (nSPS) is 18.7. The molecule has 1 atom stereocenters. The monoisotopic (exact) mass is 450 g/mol. The van der Waals surface area contributed by atoms with Gasteiger partial charge >= 0.3 is 0 Å². The lowest BCUT2D eigenvalue weighted by atomic mass is 9.88. The van der Waals surface area contributed by atoms with Gasteiger partial charge in [0.2, 0.25) is 11.8 Å². The second-order valence-electron chi connectivity index (χ2n) is 9.00. The number of amides is 2. The van der Waals surface area contributed by atoms with Gasteiger partial charge in [-0.1, -0.05) is 55.7 Å². The summed E-state index contributed by atoms with van der Waals surface area (Å²) in [5, 5.41) is 3.03. The second kappa shape index (κ2) is 11.2. The van der Waals surface area contributed by atoms with Crippen molar-refractivity contribution in [3.63, 3.8) is 0 Å². The van der Waals surface area contributed by atoms with Crippen LogP contribution in [-0.4, -0.2) is 36.4 Å². The number of nitrogens with zero attached hydrogens (tertiary/aromatic N) is 1. The van der Waals surface area contributed by atoms with Gasteiger partial charge < -0.3 is 19.7 Å². The van der Waals surface area contributed by atoms with E-state index in [1.807, 2.05) is 53.4 Å². The maximum absolute atomic E-state index is 13.0. The van der Waals surface area contributed by atoms with Crippen LogP contribution in [0.15, 0.2) is 48.5 Å². The summed E-state index contributed by atoms with van der Waals surface area (Å²) in [7, 11) is 1.61. The van der Waals surface area contributed by atoms with Crippen molar-refractivity contribution in [2.75, 3.05) is 13.7 Å². The third kappa shape index (κ3) is 5.86. The first-order valence-corrected chi connectivity index (χ1v) is 12.1. The maximum atomic E-state index is 13.0. The molecule has 2 aromatic rings. The highest BCUT2D eigenvalue weighted by Gasteiger charge is 2.37. The van der Waals surface area contributed by atoms with Crippen molar-refractivity contribution in [3.8, 4) is 11.5 Å². The molecule has 0 bridgehead atoms. The molecule has 2 aliphatic rings. The SMILES string of the molecule is COc1cc(CNC(=O)C2CCCN2C(=O)C2CCCCC2)ccc1OCc1ccccc1. The lowest BCUT2D eigenvalue weighted by molar-refractivity contribution is -0.142. The molecule has 2 fully saturated rings. The van der Waals surface area contributed by atoms with Crippen LogP contribution in [0.5, 0.6) is 11.5 Å². The Balaban J connectivity index is 1.33. The lowest BCUT2D eigenvalue weighted by Crippen LogP contribution is -2.47. The summed E-state index contributed by atoms with van der Waals surface area (Å²) >= 11 is 0. The zero-order chi connectivity index (χ0) is 23.0. The van der Waals surface area contributed by atoms with E-state index in [0.717, 1.165) is 49.7 Å². The first-order valence-electron chi connectivity index (χ1n) is 12.1. The highest BCUT2D eigenvalue weighted by Crippen LogP contribution is 2.30. The number of rotatable bonds is 8. The Hall–Kier alpha value is -3.02. The van der Waals surface area contributed by atoms with Crippen LogP contribution < -0.4 is 14.8 Å². The third-order valence-corrected chi connectivity index (χ3v) is 6.72. The fourth-order valence-electron chi connectivity index (χ4n) is 4.87. The lowest BCUT2D eigenvalue weighted by Gasteiger charge is -2.30. The molecule has 6 nitrogen and oxygen atoms in total. The molecular formula is C27H34N2O4. The molecule has 1 saturated heterocycles. The number of methoxy groups -OCH3 is 1. The highest BCUT2D eigenvalue weighted by molar-refractivity contribution is 5.89. The Kier molecular flexibility index (Phi) is 7.87. The molecule has 2 aromatic carbocycles. The predicted octanol–water partition coefficient (Wildman–Crippen LogP) is 4.46. The standard InChI is InChI=1S/C27H34N2O4/c1-32-25-17-21(14-15-24(25)33-19-20-9-4-2-5-10-20)18-28-26(30)23-13-8-16-29(23)27(31)22-11-6-3-7-12-22/h2,4-5,9-10,14-15,17,22-23H,3,6-8,11-13,16,18-19H2,1H3,(H,28,30). The smallest absolute Gasteiger partial charge is 0.243 e.